The minimum atomic E-state index is -0.236. The molecule has 1 atom stereocenters. The Morgan fingerprint density at radius 2 is 1.96 bits per heavy atom. The molecule has 1 aliphatic carbocycles. The maximum absolute atomic E-state index is 5.61. The van der Waals surface area contributed by atoms with Gasteiger partial charge in [0.2, 0.25) is 0 Å². The number of nitrogens with zero attached hydrogens (tertiary/aromatic N) is 4. The van der Waals surface area contributed by atoms with Crippen LogP contribution in [0, 0.1) is 5.92 Å². The lowest BCUT2D eigenvalue weighted by atomic mass is 9.77. The van der Waals surface area contributed by atoms with Crippen molar-refractivity contribution >= 4 is 15.9 Å². The van der Waals surface area contributed by atoms with Crippen LogP contribution in [0.3, 0.4) is 0 Å². The second-order valence-corrected chi connectivity index (χ2v) is 8.22. The monoisotopic (exact) mass is 414 g/mol. The van der Waals surface area contributed by atoms with Crippen LogP contribution in [0.5, 0.6) is 0 Å². The van der Waals surface area contributed by atoms with E-state index in [1.54, 1.807) is 6.20 Å². The summed E-state index contributed by atoms with van der Waals surface area (Å²) >= 11 is 3.51. The molecule has 1 saturated carbocycles. The van der Waals surface area contributed by atoms with E-state index in [0.29, 0.717) is 31.1 Å². The molecule has 2 aromatic heterocycles. The average Bonchev–Trinajstić information content (AvgIpc) is 3.14. The highest BCUT2D eigenvalue weighted by molar-refractivity contribution is 9.10. The van der Waals surface area contributed by atoms with Gasteiger partial charge in [0.15, 0.2) is 5.82 Å². The van der Waals surface area contributed by atoms with E-state index in [0.717, 1.165) is 15.9 Å². The Hall–Kier alpha value is -1.99. The average molecular weight is 415 g/mol. The zero-order valence-electron chi connectivity index (χ0n) is 14.4. The van der Waals surface area contributed by atoms with Crippen molar-refractivity contribution in [3.8, 4) is 11.5 Å². The lowest BCUT2D eigenvalue weighted by Crippen LogP contribution is -2.30. The molecule has 2 fully saturated rings. The molecule has 1 saturated heterocycles. The Balaban J connectivity index is 1.49. The molecular formula is C19H19BrN4O2. The van der Waals surface area contributed by atoms with Crippen molar-refractivity contribution in [2.45, 2.75) is 31.2 Å². The van der Waals surface area contributed by atoms with Crippen LogP contribution in [0.15, 0.2) is 45.7 Å². The highest BCUT2D eigenvalue weighted by Crippen LogP contribution is 2.50. The summed E-state index contributed by atoms with van der Waals surface area (Å²) < 4.78 is 13.8. The summed E-state index contributed by atoms with van der Waals surface area (Å²) in [7, 11) is 0. The number of hydrogen-bond donors (Lipinski definition) is 0. The van der Waals surface area contributed by atoms with Crippen molar-refractivity contribution in [2.75, 3.05) is 13.2 Å². The molecule has 3 aromatic rings. The molecule has 26 heavy (non-hydrogen) atoms. The summed E-state index contributed by atoms with van der Waals surface area (Å²) in [6, 6.07) is 8.74. The van der Waals surface area contributed by atoms with Gasteiger partial charge in [-0.1, -0.05) is 33.2 Å². The Bertz CT molecular complexity index is 927. The Morgan fingerprint density at radius 1 is 1.19 bits per heavy atom. The van der Waals surface area contributed by atoms with Crippen molar-refractivity contribution in [2.24, 2.45) is 5.92 Å². The number of halogens is 1. The summed E-state index contributed by atoms with van der Waals surface area (Å²) in [5, 5.41) is 8.76. The summed E-state index contributed by atoms with van der Waals surface area (Å²) in [6.45, 7) is 3.64. The van der Waals surface area contributed by atoms with Gasteiger partial charge in [-0.15, -0.1) is 0 Å². The van der Waals surface area contributed by atoms with Gasteiger partial charge < -0.3 is 9.26 Å². The van der Waals surface area contributed by atoms with E-state index in [1.807, 2.05) is 10.9 Å². The largest absolute Gasteiger partial charge is 0.377 e. The van der Waals surface area contributed by atoms with E-state index in [2.05, 4.69) is 57.4 Å². The zero-order valence-corrected chi connectivity index (χ0v) is 16.0. The van der Waals surface area contributed by atoms with Gasteiger partial charge in [0.1, 0.15) is 0 Å². The Morgan fingerprint density at radius 3 is 2.62 bits per heavy atom. The fraction of sp³-hybridized carbons (Fsp3) is 0.421. The van der Waals surface area contributed by atoms with Gasteiger partial charge in [-0.3, -0.25) is 4.68 Å². The number of ether oxygens (including phenoxy) is 1. The van der Waals surface area contributed by atoms with E-state index in [9.17, 15) is 0 Å². The molecule has 5 rings (SSSR count). The first-order valence-electron chi connectivity index (χ1n) is 8.87. The van der Waals surface area contributed by atoms with Crippen molar-refractivity contribution in [1.29, 1.82) is 0 Å². The van der Waals surface area contributed by atoms with Gasteiger partial charge in [0.25, 0.3) is 5.89 Å². The molecule has 2 aliphatic rings. The molecule has 134 valence electrons. The predicted molar refractivity (Wildman–Crippen MR) is 98.7 cm³/mol. The topological polar surface area (TPSA) is 66.0 Å². The summed E-state index contributed by atoms with van der Waals surface area (Å²) in [5.41, 5.74) is 1.84. The second kappa shape index (κ2) is 6.03. The van der Waals surface area contributed by atoms with E-state index in [-0.39, 0.29) is 5.41 Å². The lowest BCUT2D eigenvalue weighted by Gasteiger charge is -2.26. The van der Waals surface area contributed by atoms with Crippen LogP contribution in [0.2, 0.25) is 0 Å². The van der Waals surface area contributed by atoms with Gasteiger partial charge in [-0.25, -0.2) is 0 Å². The molecule has 3 heterocycles. The molecule has 6 nitrogen and oxygen atoms in total. The standard InChI is InChI=1S/C19H19BrN4O2/c1-19(13-2-3-13,14-4-6-15(20)7-5-14)18-22-17(26-23-18)12-8-21-24(9-12)16-10-25-11-16/h4-9,13,16H,2-3,10-11H2,1H3. The van der Waals surface area contributed by atoms with Gasteiger partial charge in [0.05, 0.1) is 36.4 Å². The van der Waals surface area contributed by atoms with Crippen LogP contribution in [0.25, 0.3) is 11.5 Å². The molecule has 0 bridgehead atoms. The number of hydrogen-bond acceptors (Lipinski definition) is 5. The Kier molecular flexibility index (Phi) is 3.76. The number of rotatable bonds is 5. The summed E-state index contributed by atoms with van der Waals surface area (Å²) in [4.78, 5) is 4.76. The minimum absolute atomic E-state index is 0.236. The molecule has 1 aliphatic heterocycles. The smallest absolute Gasteiger partial charge is 0.261 e. The maximum Gasteiger partial charge on any atom is 0.261 e. The summed E-state index contributed by atoms with van der Waals surface area (Å²) in [6.07, 6.45) is 6.12. The van der Waals surface area contributed by atoms with E-state index >= 15 is 0 Å². The van der Waals surface area contributed by atoms with Crippen LogP contribution in [0.4, 0.5) is 0 Å². The van der Waals surface area contributed by atoms with Gasteiger partial charge >= 0.3 is 0 Å². The molecule has 1 aromatic carbocycles. The zero-order chi connectivity index (χ0) is 17.7. The molecule has 0 N–H and O–H groups in total. The first-order valence-corrected chi connectivity index (χ1v) is 9.66. The third kappa shape index (κ3) is 2.61. The van der Waals surface area contributed by atoms with Crippen LogP contribution >= 0.6 is 15.9 Å². The maximum atomic E-state index is 5.61. The predicted octanol–water partition coefficient (Wildman–Crippen LogP) is 3.98. The van der Waals surface area contributed by atoms with Crippen molar-refractivity contribution in [1.82, 2.24) is 19.9 Å². The second-order valence-electron chi connectivity index (χ2n) is 7.31. The van der Waals surface area contributed by atoms with Gasteiger partial charge in [0, 0.05) is 10.7 Å². The summed E-state index contributed by atoms with van der Waals surface area (Å²) in [5.74, 6) is 1.82. The highest BCUT2D eigenvalue weighted by atomic mass is 79.9. The molecule has 0 amide bonds. The van der Waals surface area contributed by atoms with Gasteiger partial charge in [-0.2, -0.15) is 10.1 Å². The van der Waals surface area contributed by atoms with Crippen molar-refractivity contribution < 1.29 is 9.26 Å². The lowest BCUT2D eigenvalue weighted by molar-refractivity contribution is -0.0286. The SMILES string of the molecule is CC(c1ccc(Br)cc1)(c1noc(-c2cnn(C3COC3)c2)n1)C1CC1. The van der Waals surface area contributed by atoms with Crippen LogP contribution in [-0.2, 0) is 10.2 Å². The number of benzene rings is 1. The Labute approximate surface area is 159 Å². The van der Waals surface area contributed by atoms with E-state index in [4.69, 9.17) is 14.2 Å². The molecule has 0 radical (unpaired) electrons. The van der Waals surface area contributed by atoms with Crippen LogP contribution < -0.4 is 0 Å². The van der Waals surface area contributed by atoms with E-state index < -0.39 is 0 Å². The fourth-order valence-electron chi connectivity index (χ4n) is 3.58. The van der Waals surface area contributed by atoms with Crippen LogP contribution in [-0.4, -0.2) is 33.1 Å². The van der Waals surface area contributed by atoms with Crippen LogP contribution in [0.1, 0.15) is 37.2 Å². The minimum Gasteiger partial charge on any atom is -0.377 e. The normalized spacial score (nSPS) is 19.9. The first kappa shape index (κ1) is 16.2. The molecule has 7 heteroatoms. The van der Waals surface area contributed by atoms with E-state index in [1.165, 1.54) is 18.4 Å². The first-order chi connectivity index (χ1) is 12.6. The third-order valence-electron chi connectivity index (χ3n) is 5.57. The molecule has 1 unspecified atom stereocenters. The fourth-order valence-corrected chi connectivity index (χ4v) is 3.84. The molecular weight excluding hydrogens is 396 g/mol. The van der Waals surface area contributed by atoms with Crippen molar-refractivity contribution in [3.05, 3.63) is 52.5 Å². The quantitative estimate of drug-likeness (QED) is 0.631. The van der Waals surface area contributed by atoms with Crippen molar-refractivity contribution in [3.63, 3.8) is 0 Å². The van der Waals surface area contributed by atoms with Gasteiger partial charge in [-0.05, 0) is 43.4 Å². The molecule has 0 spiro atoms. The number of aromatic nitrogens is 4. The highest BCUT2D eigenvalue weighted by Gasteiger charge is 2.47. The third-order valence-corrected chi connectivity index (χ3v) is 6.10.